The molecule has 0 heterocycles. The molecule has 2 rings (SSSR count). The third kappa shape index (κ3) is 12.1. The fourth-order valence-electron chi connectivity index (χ4n) is 3.36. The Balaban J connectivity index is 1.33. The van der Waals surface area contributed by atoms with E-state index in [9.17, 15) is 20.2 Å². The largest absolute Gasteiger partial charge is 0.269 e. The number of nitro groups is 2. The molecule has 0 saturated carbocycles. The van der Waals surface area contributed by atoms with Crippen LogP contribution in [-0.4, -0.2) is 21.4 Å². The van der Waals surface area contributed by atoms with Crippen LogP contribution in [0.4, 0.5) is 11.4 Å². The molecule has 180 valence electrons. The summed E-state index contributed by atoms with van der Waals surface area (Å²) in [7, 11) is 0. The number of benzene rings is 2. The minimum absolute atomic E-state index is 0.147. The second kappa shape index (κ2) is 16.5. The number of aryl methyl sites for hydroxylation is 2. The Morgan fingerprint density at radius 1 is 0.576 bits per heavy atom. The van der Waals surface area contributed by atoms with Gasteiger partial charge in [0.25, 0.3) is 11.4 Å². The molecule has 0 aliphatic rings. The van der Waals surface area contributed by atoms with Gasteiger partial charge in [0.2, 0.25) is 0 Å². The zero-order valence-electron chi connectivity index (χ0n) is 18.9. The molecule has 0 aromatic heterocycles. The van der Waals surface area contributed by atoms with E-state index in [0.29, 0.717) is 0 Å². The summed E-state index contributed by atoms with van der Waals surface area (Å²) in [5, 5.41) is 21.3. The van der Waals surface area contributed by atoms with Crippen molar-refractivity contribution in [3.63, 3.8) is 0 Å². The van der Waals surface area contributed by atoms with Gasteiger partial charge in [0.1, 0.15) is 0 Å². The Morgan fingerprint density at radius 3 is 1.30 bits per heavy atom. The van der Waals surface area contributed by atoms with Gasteiger partial charge in [-0.05, 0) is 49.7 Å². The predicted octanol–water partition coefficient (Wildman–Crippen LogP) is 7.72. The quantitative estimate of drug-likeness (QED) is 0.0909. The third-order valence-electron chi connectivity index (χ3n) is 5.28. The van der Waals surface area contributed by atoms with Gasteiger partial charge in [-0.2, -0.15) is 0 Å². The van der Waals surface area contributed by atoms with Crippen molar-refractivity contribution in [2.24, 2.45) is 0 Å². The number of hydrogen-bond donors (Lipinski definition) is 0. The van der Waals surface area contributed by atoms with Crippen LogP contribution in [0.2, 0.25) is 0 Å². The molecule has 0 amide bonds. The lowest BCUT2D eigenvalue weighted by atomic mass is 10.1. The highest BCUT2D eigenvalue weighted by Crippen LogP contribution is 2.20. The van der Waals surface area contributed by atoms with E-state index in [1.807, 2.05) is 24.3 Å². The molecule has 0 bridgehead atoms. The van der Waals surface area contributed by atoms with E-state index in [2.05, 4.69) is 0 Å². The number of nitrogens with zero attached hydrogens (tertiary/aromatic N) is 2. The molecule has 0 fully saturated rings. The maximum atomic E-state index is 10.7. The van der Waals surface area contributed by atoms with Gasteiger partial charge in [0.05, 0.1) is 9.85 Å². The fraction of sp³-hybridized carbons (Fsp3) is 0.500. The summed E-state index contributed by atoms with van der Waals surface area (Å²) in [6.45, 7) is 0. The van der Waals surface area contributed by atoms with Crippen molar-refractivity contribution in [3.8, 4) is 0 Å². The van der Waals surface area contributed by atoms with Gasteiger partial charge in [0.15, 0.2) is 0 Å². The highest BCUT2D eigenvalue weighted by molar-refractivity contribution is 8.07. The molecule has 0 saturated heterocycles. The molecule has 7 nitrogen and oxygen atoms in total. The lowest BCUT2D eigenvalue weighted by Crippen LogP contribution is -1.90. The van der Waals surface area contributed by atoms with Gasteiger partial charge in [-0.15, -0.1) is 0 Å². The standard InChI is InChI=1S/C24H32N2O5S2/c27-25(28)23-15-11-21(12-16-23)9-5-1-3-7-19-32-31-33-20-8-4-2-6-10-22-13-17-24(18-14-22)26(29)30/h11-18H,1-10,19-20H2. The molecule has 0 aliphatic carbocycles. The van der Waals surface area contributed by atoms with Gasteiger partial charge in [-0.25, -0.2) is 3.63 Å². The van der Waals surface area contributed by atoms with E-state index < -0.39 is 0 Å². The van der Waals surface area contributed by atoms with E-state index >= 15 is 0 Å². The number of non-ortho nitro benzene ring substituents is 2. The predicted molar refractivity (Wildman–Crippen MR) is 137 cm³/mol. The summed E-state index contributed by atoms with van der Waals surface area (Å²) in [5.74, 6) is 2.00. The Kier molecular flexibility index (Phi) is 13.6. The van der Waals surface area contributed by atoms with Crippen molar-refractivity contribution in [1.82, 2.24) is 0 Å². The van der Waals surface area contributed by atoms with E-state index in [1.54, 1.807) is 24.3 Å². The minimum Gasteiger partial charge on any atom is -0.258 e. The molecule has 0 spiro atoms. The summed E-state index contributed by atoms with van der Waals surface area (Å²) in [6, 6.07) is 13.7. The maximum absolute atomic E-state index is 10.7. The Morgan fingerprint density at radius 2 is 0.939 bits per heavy atom. The first-order valence-electron chi connectivity index (χ1n) is 11.4. The van der Waals surface area contributed by atoms with Crippen molar-refractivity contribution in [1.29, 1.82) is 0 Å². The molecule has 0 aliphatic heterocycles. The highest BCUT2D eigenvalue weighted by atomic mass is 32.2. The van der Waals surface area contributed by atoms with Gasteiger partial charge >= 0.3 is 0 Å². The van der Waals surface area contributed by atoms with Crippen LogP contribution >= 0.6 is 24.1 Å². The summed E-state index contributed by atoms with van der Waals surface area (Å²) >= 11 is 3.06. The summed E-state index contributed by atoms with van der Waals surface area (Å²) < 4.78 is 5.57. The molecule has 2 aromatic rings. The smallest absolute Gasteiger partial charge is 0.258 e. The molecular formula is C24H32N2O5S2. The van der Waals surface area contributed by atoms with Crippen molar-refractivity contribution in [2.75, 3.05) is 11.5 Å². The summed E-state index contributed by atoms with van der Waals surface area (Å²) in [5.41, 5.74) is 2.60. The average molecular weight is 493 g/mol. The number of rotatable bonds is 18. The first-order valence-corrected chi connectivity index (χ1v) is 13.3. The van der Waals surface area contributed by atoms with Crippen LogP contribution in [0.15, 0.2) is 48.5 Å². The third-order valence-corrected chi connectivity index (χ3v) is 6.96. The zero-order valence-corrected chi connectivity index (χ0v) is 20.5. The van der Waals surface area contributed by atoms with Crippen molar-refractivity contribution >= 4 is 35.5 Å². The van der Waals surface area contributed by atoms with Crippen LogP contribution in [0.1, 0.15) is 62.5 Å². The van der Waals surface area contributed by atoms with Gasteiger partial charge in [-0.1, -0.05) is 49.9 Å². The molecule has 0 atom stereocenters. The Labute approximate surface area is 204 Å². The van der Waals surface area contributed by atoms with Gasteiger partial charge in [0, 0.05) is 59.9 Å². The fourth-order valence-corrected chi connectivity index (χ4v) is 4.82. The van der Waals surface area contributed by atoms with E-state index in [1.165, 1.54) is 36.9 Å². The van der Waals surface area contributed by atoms with Gasteiger partial charge in [-0.3, -0.25) is 20.2 Å². The van der Waals surface area contributed by atoms with Crippen LogP contribution < -0.4 is 0 Å². The second-order valence-corrected chi connectivity index (χ2v) is 9.72. The highest BCUT2D eigenvalue weighted by Gasteiger charge is 2.04. The molecule has 33 heavy (non-hydrogen) atoms. The topological polar surface area (TPSA) is 95.5 Å². The number of unbranched alkanes of at least 4 members (excludes halogenated alkanes) is 6. The Bertz CT molecular complexity index is 762. The van der Waals surface area contributed by atoms with E-state index in [4.69, 9.17) is 3.63 Å². The molecule has 0 N–H and O–H groups in total. The lowest BCUT2D eigenvalue weighted by Gasteiger charge is -2.04. The Hall–Kier alpha value is -2.10. The number of hydrogen-bond acceptors (Lipinski definition) is 7. The first kappa shape index (κ1) is 27.1. The van der Waals surface area contributed by atoms with Crippen LogP contribution in [-0.2, 0) is 16.5 Å². The maximum Gasteiger partial charge on any atom is 0.269 e. The van der Waals surface area contributed by atoms with Gasteiger partial charge < -0.3 is 0 Å². The zero-order chi connectivity index (χ0) is 23.7. The van der Waals surface area contributed by atoms with Crippen LogP contribution in [0.5, 0.6) is 0 Å². The van der Waals surface area contributed by atoms with Crippen LogP contribution in [0.25, 0.3) is 0 Å². The molecule has 0 unspecified atom stereocenters. The monoisotopic (exact) mass is 492 g/mol. The van der Waals surface area contributed by atoms with Crippen LogP contribution in [0.3, 0.4) is 0 Å². The first-order chi connectivity index (χ1) is 16.1. The minimum atomic E-state index is -0.366. The molecule has 9 heteroatoms. The van der Waals surface area contributed by atoms with E-state index in [0.717, 1.165) is 74.0 Å². The molecule has 0 radical (unpaired) electrons. The average Bonchev–Trinajstić information content (AvgIpc) is 2.82. The SMILES string of the molecule is O=[N+]([O-])c1ccc(CCCCCCSOSCCCCCCc2ccc([N+](=O)[O-])cc2)cc1. The normalized spacial score (nSPS) is 10.9. The van der Waals surface area contributed by atoms with Crippen molar-refractivity contribution in [2.45, 2.75) is 64.2 Å². The lowest BCUT2D eigenvalue weighted by molar-refractivity contribution is -0.385. The summed E-state index contributed by atoms with van der Waals surface area (Å²) in [4.78, 5) is 20.6. The molecule has 2 aromatic carbocycles. The number of nitro benzene ring substituents is 2. The van der Waals surface area contributed by atoms with E-state index in [-0.39, 0.29) is 21.2 Å². The molecular weight excluding hydrogens is 460 g/mol. The van der Waals surface area contributed by atoms with Crippen molar-refractivity contribution < 1.29 is 13.5 Å². The van der Waals surface area contributed by atoms with Crippen molar-refractivity contribution in [3.05, 3.63) is 79.9 Å². The van der Waals surface area contributed by atoms with Crippen LogP contribution in [0, 0.1) is 20.2 Å². The summed E-state index contributed by atoms with van der Waals surface area (Å²) in [6.07, 6.45) is 11.0. The second-order valence-electron chi connectivity index (χ2n) is 7.89.